The van der Waals surface area contributed by atoms with E-state index in [1.807, 2.05) is 35.2 Å². The number of hydrogen-bond donors (Lipinski definition) is 0. The number of rotatable bonds is 3. The SMILES string of the molecule is O=C(c1ccccc1)c1ccccc1C(=O)N1C2CCC1CC1(C2)N=N1. The molecule has 0 N–H and O–H groups in total. The fourth-order valence-electron chi connectivity index (χ4n) is 4.52. The van der Waals surface area contributed by atoms with E-state index in [1.165, 1.54) is 0 Å². The van der Waals surface area contributed by atoms with Gasteiger partial charge in [-0.25, -0.2) is 0 Å². The smallest absolute Gasteiger partial charge is 0.255 e. The maximum absolute atomic E-state index is 13.4. The van der Waals surface area contributed by atoms with E-state index >= 15 is 0 Å². The van der Waals surface area contributed by atoms with Gasteiger partial charge in [0.05, 0.1) is 5.56 Å². The Morgan fingerprint density at radius 2 is 1.42 bits per heavy atom. The zero-order valence-corrected chi connectivity index (χ0v) is 14.3. The van der Waals surface area contributed by atoms with Crippen LogP contribution in [0.5, 0.6) is 0 Å². The number of amides is 1. The first-order chi connectivity index (χ1) is 12.7. The molecule has 3 heterocycles. The van der Waals surface area contributed by atoms with Crippen molar-refractivity contribution in [2.75, 3.05) is 0 Å². The van der Waals surface area contributed by atoms with Crippen molar-refractivity contribution in [3.05, 3.63) is 71.3 Å². The molecule has 5 nitrogen and oxygen atoms in total. The molecule has 1 spiro atoms. The summed E-state index contributed by atoms with van der Waals surface area (Å²) in [5.74, 6) is -0.143. The number of ketones is 1. The summed E-state index contributed by atoms with van der Waals surface area (Å²) in [4.78, 5) is 28.3. The van der Waals surface area contributed by atoms with Gasteiger partial charge in [-0.15, -0.1) is 0 Å². The van der Waals surface area contributed by atoms with Crippen LogP contribution >= 0.6 is 0 Å². The van der Waals surface area contributed by atoms with Crippen LogP contribution in [0.2, 0.25) is 0 Å². The van der Waals surface area contributed by atoms with Crippen LogP contribution in [0.1, 0.15) is 52.0 Å². The van der Waals surface area contributed by atoms with Crippen LogP contribution in [0.4, 0.5) is 0 Å². The molecule has 2 bridgehead atoms. The molecular formula is C21H19N3O2. The Hall–Kier alpha value is -2.82. The van der Waals surface area contributed by atoms with Crippen LogP contribution in [0.15, 0.2) is 64.8 Å². The molecule has 5 heteroatoms. The van der Waals surface area contributed by atoms with Gasteiger partial charge in [-0.2, -0.15) is 10.2 Å². The van der Waals surface area contributed by atoms with Gasteiger partial charge in [0, 0.05) is 36.1 Å². The molecule has 0 radical (unpaired) electrons. The van der Waals surface area contributed by atoms with Gasteiger partial charge in [-0.1, -0.05) is 48.5 Å². The molecule has 3 aliphatic rings. The fraction of sp³-hybridized carbons (Fsp3) is 0.333. The zero-order valence-electron chi connectivity index (χ0n) is 14.3. The summed E-state index contributed by atoms with van der Waals surface area (Å²) in [5, 5.41) is 8.44. The van der Waals surface area contributed by atoms with Crippen LogP contribution < -0.4 is 0 Å². The Morgan fingerprint density at radius 3 is 2.04 bits per heavy atom. The van der Waals surface area contributed by atoms with Gasteiger partial charge in [0.25, 0.3) is 5.91 Å². The molecule has 2 unspecified atom stereocenters. The third-order valence-corrected chi connectivity index (χ3v) is 5.80. The van der Waals surface area contributed by atoms with Crippen molar-refractivity contribution in [3.8, 4) is 0 Å². The van der Waals surface area contributed by atoms with Gasteiger partial charge in [0.15, 0.2) is 11.4 Å². The minimum Gasteiger partial charge on any atom is -0.332 e. The molecule has 5 rings (SSSR count). The fourth-order valence-corrected chi connectivity index (χ4v) is 4.52. The van der Waals surface area contributed by atoms with E-state index in [0.29, 0.717) is 16.7 Å². The van der Waals surface area contributed by atoms with E-state index in [9.17, 15) is 9.59 Å². The van der Waals surface area contributed by atoms with Gasteiger partial charge in [-0.05, 0) is 18.9 Å². The van der Waals surface area contributed by atoms with E-state index < -0.39 is 0 Å². The standard InChI is InChI=1S/C21H19N3O2/c25-19(14-6-2-1-3-7-14)17-8-4-5-9-18(17)20(26)24-15-10-11-16(24)13-21(12-15)22-23-21/h1-9,15-16H,10-13H2. The lowest BCUT2D eigenvalue weighted by atomic mass is 9.92. The lowest BCUT2D eigenvalue weighted by Gasteiger charge is -2.37. The number of fused-ring (bicyclic) bond motifs is 2. The topological polar surface area (TPSA) is 62.1 Å². The molecular weight excluding hydrogens is 326 g/mol. The second kappa shape index (κ2) is 5.59. The van der Waals surface area contributed by atoms with Crippen molar-refractivity contribution in [3.63, 3.8) is 0 Å². The number of carbonyl (C=O) groups is 2. The highest BCUT2D eigenvalue weighted by Gasteiger charge is 2.55. The maximum Gasteiger partial charge on any atom is 0.255 e. The molecule has 0 aromatic heterocycles. The monoisotopic (exact) mass is 345 g/mol. The van der Waals surface area contributed by atoms with Gasteiger partial charge in [-0.3, -0.25) is 9.59 Å². The molecule has 130 valence electrons. The third-order valence-electron chi connectivity index (χ3n) is 5.80. The lowest BCUT2D eigenvalue weighted by Crippen LogP contribution is -2.49. The van der Waals surface area contributed by atoms with Crippen LogP contribution in [0, 0.1) is 0 Å². The Kier molecular flexibility index (Phi) is 3.32. The van der Waals surface area contributed by atoms with Gasteiger partial charge < -0.3 is 4.90 Å². The molecule has 2 aromatic carbocycles. The normalized spacial score (nSPS) is 24.7. The van der Waals surface area contributed by atoms with Crippen LogP contribution in [0.25, 0.3) is 0 Å². The molecule has 2 atom stereocenters. The third kappa shape index (κ3) is 2.38. The highest BCUT2D eigenvalue weighted by Crippen LogP contribution is 2.49. The highest BCUT2D eigenvalue weighted by molar-refractivity contribution is 6.15. The van der Waals surface area contributed by atoms with Gasteiger partial charge in [0.1, 0.15) is 0 Å². The molecule has 26 heavy (non-hydrogen) atoms. The van der Waals surface area contributed by atoms with E-state index in [-0.39, 0.29) is 29.4 Å². The zero-order chi connectivity index (χ0) is 17.7. The Balaban J connectivity index is 1.47. The second-order valence-electron chi connectivity index (χ2n) is 7.43. The summed E-state index contributed by atoms with van der Waals surface area (Å²) in [6.07, 6.45) is 3.64. The molecule has 2 fully saturated rings. The highest BCUT2D eigenvalue weighted by atomic mass is 16.2. The maximum atomic E-state index is 13.4. The average molecular weight is 345 g/mol. The van der Waals surface area contributed by atoms with Crippen LogP contribution in [-0.4, -0.2) is 34.3 Å². The Bertz CT molecular complexity index is 900. The van der Waals surface area contributed by atoms with Gasteiger partial charge >= 0.3 is 0 Å². The summed E-state index contributed by atoms with van der Waals surface area (Å²) in [5.41, 5.74) is 1.37. The van der Waals surface area contributed by atoms with Crippen molar-refractivity contribution >= 4 is 11.7 Å². The van der Waals surface area contributed by atoms with E-state index in [0.717, 1.165) is 25.7 Å². The van der Waals surface area contributed by atoms with E-state index in [1.54, 1.807) is 24.3 Å². The van der Waals surface area contributed by atoms with Crippen molar-refractivity contribution in [2.45, 2.75) is 43.4 Å². The predicted molar refractivity (Wildman–Crippen MR) is 96.1 cm³/mol. The molecule has 1 amide bonds. The Labute approximate surface area is 151 Å². The summed E-state index contributed by atoms with van der Waals surface area (Å²) >= 11 is 0. The van der Waals surface area contributed by atoms with E-state index in [4.69, 9.17) is 0 Å². The first kappa shape index (κ1) is 15.4. The van der Waals surface area contributed by atoms with Crippen LogP contribution in [-0.2, 0) is 0 Å². The van der Waals surface area contributed by atoms with Gasteiger partial charge in [0.2, 0.25) is 0 Å². The molecule has 0 aliphatic carbocycles. The Morgan fingerprint density at radius 1 is 0.846 bits per heavy atom. The van der Waals surface area contributed by atoms with Crippen LogP contribution in [0.3, 0.4) is 0 Å². The average Bonchev–Trinajstić information content (AvgIpc) is 3.37. The number of piperidine rings is 1. The quantitative estimate of drug-likeness (QED) is 0.793. The van der Waals surface area contributed by atoms with Crippen molar-refractivity contribution in [2.24, 2.45) is 10.2 Å². The number of carbonyl (C=O) groups excluding carboxylic acids is 2. The summed E-state index contributed by atoms with van der Waals surface area (Å²) in [6.45, 7) is 0. The summed E-state index contributed by atoms with van der Waals surface area (Å²) in [6, 6.07) is 16.6. The summed E-state index contributed by atoms with van der Waals surface area (Å²) < 4.78 is 0. The first-order valence-electron chi connectivity index (χ1n) is 9.12. The number of hydrogen-bond acceptors (Lipinski definition) is 4. The summed E-state index contributed by atoms with van der Waals surface area (Å²) in [7, 11) is 0. The molecule has 0 saturated carbocycles. The molecule has 3 aliphatic heterocycles. The number of benzene rings is 2. The first-order valence-corrected chi connectivity index (χ1v) is 9.12. The van der Waals surface area contributed by atoms with Crippen molar-refractivity contribution < 1.29 is 9.59 Å². The minimum atomic E-state index is -0.206. The molecule has 2 aromatic rings. The van der Waals surface area contributed by atoms with Crippen molar-refractivity contribution in [1.82, 2.24) is 4.90 Å². The second-order valence-corrected chi connectivity index (χ2v) is 7.43. The number of nitrogens with zero attached hydrogens (tertiary/aromatic N) is 3. The minimum absolute atomic E-state index is 0.0344. The molecule has 2 saturated heterocycles. The predicted octanol–water partition coefficient (Wildman–Crippen LogP) is 3.85. The largest absolute Gasteiger partial charge is 0.332 e. The van der Waals surface area contributed by atoms with Crippen molar-refractivity contribution in [1.29, 1.82) is 0 Å². The van der Waals surface area contributed by atoms with E-state index in [2.05, 4.69) is 10.2 Å². The lowest BCUT2D eigenvalue weighted by molar-refractivity contribution is 0.0546.